The van der Waals surface area contributed by atoms with Crippen molar-refractivity contribution in [3.63, 3.8) is 0 Å². The van der Waals surface area contributed by atoms with Gasteiger partial charge in [0, 0.05) is 0 Å². The largest absolute Gasteiger partial charge is 1.00 e. The summed E-state index contributed by atoms with van der Waals surface area (Å²) in [7, 11) is 0. The number of aromatic amines is 1. The maximum absolute atomic E-state index is 10.7. The van der Waals surface area contributed by atoms with Crippen LogP contribution in [0.25, 0.3) is 0 Å². The molecular formula is C6H8NO2Rb. The van der Waals surface area contributed by atoms with Crippen molar-refractivity contribution >= 4 is 0 Å². The SMILES string of the molecule is CC(C)c1[c-]o[nH]c1=O.[Rb+]. The molecule has 1 aromatic rings. The minimum Gasteiger partial charge on any atom is -0.500 e. The van der Waals surface area contributed by atoms with E-state index in [9.17, 15) is 4.79 Å². The summed E-state index contributed by atoms with van der Waals surface area (Å²) in [5, 5.41) is 2.16. The zero-order chi connectivity index (χ0) is 6.85. The Balaban J connectivity index is 0.000000810. The summed E-state index contributed by atoms with van der Waals surface area (Å²) < 4.78 is 4.44. The molecule has 0 saturated carbocycles. The zero-order valence-corrected chi connectivity index (χ0v) is 11.3. The van der Waals surface area contributed by atoms with Crippen LogP contribution in [0.3, 0.4) is 0 Å². The molecule has 0 aliphatic heterocycles. The molecule has 0 spiro atoms. The quantitative estimate of drug-likeness (QED) is 0.541. The molecule has 0 fully saturated rings. The van der Waals surface area contributed by atoms with Gasteiger partial charge in [0.15, 0.2) is 0 Å². The van der Waals surface area contributed by atoms with Gasteiger partial charge in [-0.25, -0.2) is 0 Å². The molecule has 1 aromatic heterocycles. The van der Waals surface area contributed by atoms with E-state index >= 15 is 0 Å². The standard InChI is InChI=1S/C6H8NO2.Rb/c1-4(2)5-3-9-7-6(5)8;/h4H,1-2H3,(H,7,8);/q-1;+1. The van der Waals surface area contributed by atoms with E-state index in [2.05, 4.69) is 15.9 Å². The monoisotopic (exact) mass is 211 g/mol. The van der Waals surface area contributed by atoms with Crippen molar-refractivity contribution in [2.45, 2.75) is 19.8 Å². The third-order valence-corrected chi connectivity index (χ3v) is 1.13. The Bertz CT molecular complexity index is 238. The first-order chi connectivity index (χ1) is 4.22. The fraction of sp³-hybridized carbons (Fsp3) is 0.500. The van der Waals surface area contributed by atoms with Gasteiger partial charge in [0.1, 0.15) is 5.56 Å². The molecule has 10 heavy (non-hydrogen) atoms. The molecule has 3 nitrogen and oxygen atoms in total. The molecule has 0 amide bonds. The third kappa shape index (κ3) is 2.45. The van der Waals surface area contributed by atoms with Crippen LogP contribution >= 0.6 is 0 Å². The van der Waals surface area contributed by atoms with Gasteiger partial charge in [-0.05, 0) is 12.2 Å². The van der Waals surface area contributed by atoms with E-state index in [4.69, 9.17) is 0 Å². The van der Waals surface area contributed by atoms with Gasteiger partial charge in [-0.1, -0.05) is 13.8 Å². The fourth-order valence-corrected chi connectivity index (χ4v) is 0.608. The van der Waals surface area contributed by atoms with Crippen molar-refractivity contribution in [3.8, 4) is 0 Å². The first kappa shape index (κ1) is 10.8. The minimum atomic E-state index is -0.176. The summed E-state index contributed by atoms with van der Waals surface area (Å²) in [5.74, 6) is 0.187. The van der Waals surface area contributed by atoms with Crippen molar-refractivity contribution in [2.75, 3.05) is 0 Å². The molecule has 0 saturated heterocycles. The molecule has 0 aromatic carbocycles. The first-order valence-corrected chi connectivity index (χ1v) is 2.81. The number of hydrogen-bond donors (Lipinski definition) is 1. The number of rotatable bonds is 1. The number of H-pyrrole nitrogens is 1. The summed E-state index contributed by atoms with van der Waals surface area (Å²) in [4.78, 5) is 10.7. The topological polar surface area (TPSA) is 46.0 Å². The average molecular weight is 212 g/mol. The second kappa shape index (κ2) is 4.64. The number of nitrogens with one attached hydrogen (secondary N) is 1. The van der Waals surface area contributed by atoms with E-state index in [0.29, 0.717) is 5.56 Å². The molecule has 4 heteroatoms. The Morgan fingerprint density at radius 1 is 1.60 bits per heavy atom. The Morgan fingerprint density at radius 3 is 2.40 bits per heavy atom. The number of hydrogen-bond acceptors (Lipinski definition) is 2. The van der Waals surface area contributed by atoms with E-state index in [1.165, 1.54) is 0 Å². The molecule has 0 radical (unpaired) electrons. The molecular weight excluding hydrogens is 204 g/mol. The molecule has 0 bridgehead atoms. The van der Waals surface area contributed by atoms with Crippen LogP contribution in [0.4, 0.5) is 0 Å². The van der Waals surface area contributed by atoms with E-state index in [1.54, 1.807) is 0 Å². The average Bonchev–Trinajstić information content (AvgIpc) is 2.13. The summed E-state index contributed by atoms with van der Waals surface area (Å²) >= 11 is 0. The van der Waals surface area contributed by atoms with Crippen molar-refractivity contribution < 1.29 is 62.7 Å². The second-order valence-corrected chi connectivity index (χ2v) is 2.20. The molecule has 0 aliphatic carbocycles. The Hall–Kier alpha value is 0.815. The molecule has 50 valence electrons. The molecule has 0 atom stereocenters. The third-order valence-electron chi connectivity index (χ3n) is 1.13. The van der Waals surface area contributed by atoms with Gasteiger partial charge in [-0.2, -0.15) is 0 Å². The molecule has 0 unspecified atom stereocenters. The van der Waals surface area contributed by atoms with Crippen LogP contribution in [-0.4, -0.2) is 5.16 Å². The van der Waals surface area contributed by atoms with Crippen molar-refractivity contribution in [2.24, 2.45) is 0 Å². The van der Waals surface area contributed by atoms with E-state index in [-0.39, 0.29) is 69.7 Å². The Kier molecular flexibility index (Phi) is 5.02. The van der Waals surface area contributed by atoms with Crippen LogP contribution in [0.2, 0.25) is 0 Å². The van der Waals surface area contributed by atoms with Crippen LogP contribution in [0, 0.1) is 6.26 Å². The summed E-state index contributed by atoms with van der Waals surface area (Å²) in [5.41, 5.74) is 0.403. The predicted octanol–water partition coefficient (Wildman–Crippen LogP) is -2.10. The Morgan fingerprint density at radius 2 is 2.20 bits per heavy atom. The van der Waals surface area contributed by atoms with Gasteiger partial charge >= 0.3 is 58.2 Å². The minimum absolute atomic E-state index is 0. The van der Waals surface area contributed by atoms with E-state index in [0.717, 1.165) is 0 Å². The molecule has 1 heterocycles. The summed E-state index contributed by atoms with van der Waals surface area (Å²) in [6.07, 6.45) is 2.46. The molecule has 1 rings (SSSR count). The smallest absolute Gasteiger partial charge is 0.500 e. The summed E-state index contributed by atoms with van der Waals surface area (Å²) in [6.45, 7) is 3.83. The number of aromatic nitrogens is 1. The van der Waals surface area contributed by atoms with Gasteiger partial charge in [0.25, 0.3) is 0 Å². The molecule has 0 aliphatic rings. The molecule has 1 N–H and O–H groups in total. The first-order valence-electron chi connectivity index (χ1n) is 2.81. The van der Waals surface area contributed by atoms with E-state index < -0.39 is 0 Å². The second-order valence-electron chi connectivity index (χ2n) is 2.20. The fourth-order valence-electron chi connectivity index (χ4n) is 0.608. The normalized spacial score (nSPS) is 9.50. The van der Waals surface area contributed by atoms with Gasteiger partial charge < -0.3 is 9.32 Å². The predicted molar refractivity (Wildman–Crippen MR) is 32.3 cm³/mol. The Labute approximate surface area is 108 Å². The van der Waals surface area contributed by atoms with Crippen LogP contribution in [0.15, 0.2) is 9.32 Å². The maximum Gasteiger partial charge on any atom is 1.00 e. The van der Waals surface area contributed by atoms with Crippen LogP contribution in [0.5, 0.6) is 0 Å². The van der Waals surface area contributed by atoms with Gasteiger partial charge in [-0.15, -0.1) is 5.56 Å². The van der Waals surface area contributed by atoms with Crippen LogP contribution in [-0.2, 0) is 0 Å². The van der Waals surface area contributed by atoms with Crippen molar-refractivity contribution in [3.05, 3.63) is 22.2 Å². The van der Waals surface area contributed by atoms with Crippen LogP contribution in [0.1, 0.15) is 25.3 Å². The maximum atomic E-state index is 10.7. The van der Waals surface area contributed by atoms with Crippen LogP contribution < -0.4 is 63.7 Å². The van der Waals surface area contributed by atoms with E-state index in [1.807, 2.05) is 13.8 Å². The van der Waals surface area contributed by atoms with Crippen molar-refractivity contribution in [1.29, 1.82) is 0 Å². The van der Waals surface area contributed by atoms with Gasteiger partial charge in [0.05, 0.1) is 0 Å². The zero-order valence-electron chi connectivity index (χ0n) is 6.39. The summed E-state index contributed by atoms with van der Waals surface area (Å²) in [6, 6.07) is 0. The van der Waals surface area contributed by atoms with Gasteiger partial charge in [-0.3, -0.25) is 5.16 Å². The van der Waals surface area contributed by atoms with Gasteiger partial charge in [0.2, 0.25) is 0 Å². The van der Waals surface area contributed by atoms with Crippen molar-refractivity contribution in [1.82, 2.24) is 5.16 Å².